The molecule has 0 aliphatic heterocycles. The van der Waals surface area contributed by atoms with E-state index in [9.17, 15) is 13.2 Å². The van der Waals surface area contributed by atoms with E-state index >= 15 is 0 Å². The molecule has 90 valence electrons. The van der Waals surface area contributed by atoms with Crippen molar-refractivity contribution in [3.63, 3.8) is 0 Å². The number of hydrogen-bond donors (Lipinski definition) is 0. The monoisotopic (exact) mass is 249 g/mol. The Bertz CT molecular complexity index is 597. The molecule has 0 saturated carbocycles. The van der Waals surface area contributed by atoms with Crippen molar-refractivity contribution in [3.05, 3.63) is 47.9 Å². The molecule has 1 aromatic heterocycles. The molecule has 0 spiro atoms. The molecule has 0 aliphatic rings. The molecule has 0 saturated heterocycles. The van der Waals surface area contributed by atoms with Gasteiger partial charge in [0.1, 0.15) is 6.07 Å². The minimum atomic E-state index is -4.36. The van der Waals surface area contributed by atoms with Crippen molar-refractivity contribution in [1.29, 1.82) is 5.26 Å². The lowest BCUT2D eigenvalue weighted by Crippen LogP contribution is -2.04. The van der Waals surface area contributed by atoms with E-state index in [1.54, 1.807) is 6.07 Å². The van der Waals surface area contributed by atoms with E-state index in [-0.39, 0.29) is 5.82 Å². The fourth-order valence-corrected chi connectivity index (χ4v) is 1.40. The Labute approximate surface area is 101 Å². The summed E-state index contributed by atoms with van der Waals surface area (Å²) in [6, 6.07) is 7.88. The standard InChI is InChI=1S/C12H6F3N3/c13-12(14,15)9-3-1-8(2-4-9)10-5-6-17-11(7-16)18-10/h1-6H. The summed E-state index contributed by atoms with van der Waals surface area (Å²) in [5.41, 5.74) is 0.193. The van der Waals surface area contributed by atoms with Crippen molar-refractivity contribution in [3.8, 4) is 17.3 Å². The van der Waals surface area contributed by atoms with Crippen molar-refractivity contribution in [1.82, 2.24) is 9.97 Å². The van der Waals surface area contributed by atoms with Crippen molar-refractivity contribution >= 4 is 0 Å². The quantitative estimate of drug-likeness (QED) is 0.780. The van der Waals surface area contributed by atoms with Crippen molar-refractivity contribution in [2.75, 3.05) is 0 Å². The van der Waals surface area contributed by atoms with Gasteiger partial charge in [0, 0.05) is 11.8 Å². The maximum atomic E-state index is 12.4. The van der Waals surface area contributed by atoms with Crippen LogP contribution in [0.25, 0.3) is 11.3 Å². The van der Waals surface area contributed by atoms with Gasteiger partial charge in [-0.05, 0) is 18.2 Å². The number of nitriles is 1. The molecule has 0 bridgehead atoms. The molecular weight excluding hydrogens is 243 g/mol. The fourth-order valence-electron chi connectivity index (χ4n) is 1.40. The zero-order valence-corrected chi connectivity index (χ0v) is 8.94. The summed E-state index contributed by atoms with van der Waals surface area (Å²) in [4.78, 5) is 7.59. The Kier molecular flexibility index (Phi) is 2.98. The van der Waals surface area contributed by atoms with Crippen LogP contribution >= 0.6 is 0 Å². The smallest absolute Gasteiger partial charge is 0.227 e. The van der Waals surface area contributed by atoms with Crippen LogP contribution in [0.4, 0.5) is 13.2 Å². The van der Waals surface area contributed by atoms with Gasteiger partial charge in [-0.15, -0.1) is 0 Å². The maximum Gasteiger partial charge on any atom is 0.416 e. The maximum absolute atomic E-state index is 12.4. The van der Waals surface area contributed by atoms with E-state index in [1.165, 1.54) is 24.4 Å². The normalized spacial score (nSPS) is 11.0. The molecule has 0 atom stereocenters. The lowest BCUT2D eigenvalue weighted by Gasteiger charge is -2.07. The van der Waals surface area contributed by atoms with Gasteiger partial charge >= 0.3 is 6.18 Å². The molecule has 6 heteroatoms. The molecule has 18 heavy (non-hydrogen) atoms. The number of benzene rings is 1. The highest BCUT2D eigenvalue weighted by atomic mass is 19.4. The lowest BCUT2D eigenvalue weighted by molar-refractivity contribution is -0.137. The Morgan fingerprint density at radius 1 is 1.06 bits per heavy atom. The van der Waals surface area contributed by atoms with Gasteiger partial charge in [-0.25, -0.2) is 9.97 Å². The third-order valence-corrected chi connectivity index (χ3v) is 2.26. The van der Waals surface area contributed by atoms with Crippen molar-refractivity contribution < 1.29 is 13.2 Å². The topological polar surface area (TPSA) is 49.6 Å². The first-order chi connectivity index (χ1) is 8.50. The van der Waals surface area contributed by atoms with Crippen LogP contribution in [-0.2, 0) is 6.18 Å². The molecule has 0 amide bonds. The summed E-state index contributed by atoms with van der Waals surface area (Å²) in [6.07, 6.45) is -2.97. The first kappa shape index (κ1) is 12.0. The van der Waals surface area contributed by atoms with Crippen molar-refractivity contribution in [2.45, 2.75) is 6.18 Å². The third kappa shape index (κ3) is 2.46. The summed E-state index contributed by atoms with van der Waals surface area (Å²) < 4.78 is 37.1. The van der Waals surface area contributed by atoms with Gasteiger partial charge in [0.15, 0.2) is 0 Å². The first-order valence-electron chi connectivity index (χ1n) is 4.91. The molecule has 1 heterocycles. The fraction of sp³-hybridized carbons (Fsp3) is 0.0833. The molecule has 2 rings (SSSR count). The summed E-state index contributed by atoms with van der Waals surface area (Å²) in [7, 11) is 0. The summed E-state index contributed by atoms with van der Waals surface area (Å²) >= 11 is 0. The van der Waals surface area contributed by atoms with Gasteiger partial charge in [-0.3, -0.25) is 0 Å². The van der Waals surface area contributed by atoms with Crippen LogP contribution in [0, 0.1) is 11.3 Å². The lowest BCUT2D eigenvalue weighted by atomic mass is 10.1. The van der Waals surface area contributed by atoms with Crippen molar-refractivity contribution in [2.24, 2.45) is 0 Å². The Balaban J connectivity index is 2.38. The first-order valence-corrected chi connectivity index (χ1v) is 4.91. The molecule has 0 N–H and O–H groups in total. The number of rotatable bonds is 1. The highest BCUT2D eigenvalue weighted by Crippen LogP contribution is 2.30. The van der Waals surface area contributed by atoms with Crippen LogP contribution < -0.4 is 0 Å². The predicted molar refractivity (Wildman–Crippen MR) is 57.2 cm³/mol. The molecule has 3 nitrogen and oxygen atoms in total. The van der Waals surface area contributed by atoms with Gasteiger partial charge in [0.25, 0.3) is 0 Å². The minimum Gasteiger partial charge on any atom is -0.227 e. The largest absolute Gasteiger partial charge is 0.416 e. The summed E-state index contributed by atoms with van der Waals surface area (Å²) in [5, 5.41) is 8.64. The number of nitrogens with zero attached hydrogens (tertiary/aromatic N) is 3. The van der Waals surface area contributed by atoms with Crippen LogP contribution in [0.3, 0.4) is 0 Å². The number of aromatic nitrogens is 2. The number of hydrogen-bond acceptors (Lipinski definition) is 3. The van der Waals surface area contributed by atoms with Gasteiger partial charge in [-0.2, -0.15) is 18.4 Å². The Hall–Kier alpha value is -2.42. The molecule has 0 aliphatic carbocycles. The SMILES string of the molecule is N#Cc1nccc(-c2ccc(C(F)(F)F)cc2)n1. The van der Waals surface area contributed by atoms with E-state index in [0.717, 1.165) is 12.1 Å². The van der Waals surface area contributed by atoms with Gasteiger partial charge in [-0.1, -0.05) is 12.1 Å². The van der Waals surface area contributed by atoms with Gasteiger partial charge in [0.2, 0.25) is 5.82 Å². The number of alkyl halides is 3. The highest BCUT2D eigenvalue weighted by molar-refractivity contribution is 5.59. The molecule has 1 aromatic carbocycles. The summed E-state index contributed by atoms with van der Waals surface area (Å²) in [5.74, 6) is -0.0209. The van der Waals surface area contributed by atoms with Crippen LogP contribution in [0.2, 0.25) is 0 Å². The Morgan fingerprint density at radius 2 is 1.72 bits per heavy atom. The molecule has 2 aromatic rings. The molecule has 0 radical (unpaired) electrons. The average molecular weight is 249 g/mol. The minimum absolute atomic E-state index is 0.0209. The van der Waals surface area contributed by atoms with E-state index in [0.29, 0.717) is 11.3 Å². The Morgan fingerprint density at radius 3 is 2.28 bits per heavy atom. The highest BCUT2D eigenvalue weighted by Gasteiger charge is 2.29. The molecule has 0 unspecified atom stereocenters. The molecule has 0 fully saturated rings. The second kappa shape index (κ2) is 4.45. The third-order valence-electron chi connectivity index (χ3n) is 2.26. The van der Waals surface area contributed by atoms with Crippen LogP contribution in [-0.4, -0.2) is 9.97 Å². The number of halogens is 3. The average Bonchev–Trinajstić information content (AvgIpc) is 2.38. The van der Waals surface area contributed by atoms with E-state index in [1.807, 2.05) is 0 Å². The van der Waals surface area contributed by atoms with E-state index in [4.69, 9.17) is 5.26 Å². The second-order valence-corrected chi connectivity index (χ2v) is 3.45. The van der Waals surface area contributed by atoms with Crippen LogP contribution in [0.5, 0.6) is 0 Å². The predicted octanol–water partition coefficient (Wildman–Crippen LogP) is 3.03. The zero-order chi connectivity index (χ0) is 13.2. The molecular formula is C12H6F3N3. The zero-order valence-electron chi connectivity index (χ0n) is 8.94. The van der Waals surface area contributed by atoms with Crippen LogP contribution in [0.1, 0.15) is 11.4 Å². The second-order valence-electron chi connectivity index (χ2n) is 3.45. The van der Waals surface area contributed by atoms with Crippen LogP contribution in [0.15, 0.2) is 36.5 Å². The van der Waals surface area contributed by atoms with E-state index in [2.05, 4.69) is 9.97 Å². The van der Waals surface area contributed by atoms with E-state index < -0.39 is 11.7 Å². The van der Waals surface area contributed by atoms with Gasteiger partial charge in [0.05, 0.1) is 11.3 Å². The van der Waals surface area contributed by atoms with Gasteiger partial charge < -0.3 is 0 Å². The summed E-state index contributed by atoms with van der Waals surface area (Å²) in [6.45, 7) is 0.